The maximum atomic E-state index is 5.32. The fourth-order valence-electron chi connectivity index (χ4n) is 3.45. The molecule has 0 saturated carbocycles. The van der Waals surface area contributed by atoms with Crippen molar-refractivity contribution in [3.8, 4) is 22.1 Å². The molecule has 148 valence electrons. The van der Waals surface area contributed by atoms with Gasteiger partial charge in [0, 0.05) is 5.75 Å². The molecule has 0 aliphatic heterocycles. The molecule has 0 saturated heterocycles. The highest BCUT2D eigenvalue weighted by Crippen LogP contribution is 2.33. The lowest BCUT2D eigenvalue weighted by atomic mass is 10.1. The highest BCUT2D eigenvalue weighted by molar-refractivity contribution is 7.98. The number of fused-ring (bicyclic) bond motifs is 1. The van der Waals surface area contributed by atoms with Gasteiger partial charge in [0.05, 0.1) is 17.7 Å². The standard InChI is InChI=1S/C24H19N3OS2/c1-28-20-13-11-19(12-14-20)27-23(22-10-5-15-29-22)25-26-24(27)30-16-18-8-4-7-17-6-2-3-9-21(17)18/h2-15H,16H2,1H3. The molecule has 30 heavy (non-hydrogen) atoms. The minimum absolute atomic E-state index is 0.820. The van der Waals surface area contributed by atoms with E-state index in [2.05, 4.69) is 68.7 Å². The van der Waals surface area contributed by atoms with Crippen molar-refractivity contribution in [2.45, 2.75) is 10.9 Å². The van der Waals surface area contributed by atoms with Crippen LogP contribution in [-0.4, -0.2) is 21.9 Å². The fourth-order valence-corrected chi connectivity index (χ4v) is 5.11. The monoisotopic (exact) mass is 429 g/mol. The Kier molecular flexibility index (Phi) is 5.26. The van der Waals surface area contributed by atoms with Crippen molar-refractivity contribution in [3.05, 3.63) is 89.8 Å². The van der Waals surface area contributed by atoms with E-state index < -0.39 is 0 Å². The molecule has 0 unspecified atom stereocenters. The van der Waals surface area contributed by atoms with Crippen molar-refractivity contribution in [1.82, 2.24) is 14.8 Å². The van der Waals surface area contributed by atoms with Crippen LogP contribution in [0.1, 0.15) is 5.56 Å². The van der Waals surface area contributed by atoms with Gasteiger partial charge >= 0.3 is 0 Å². The summed E-state index contributed by atoms with van der Waals surface area (Å²) in [6, 6.07) is 27.1. The van der Waals surface area contributed by atoms with Crippen molar-refractivity contribution in [2.75, 3.05) is 7.11 Å². The third-order valence-electron chi connectivity index (χ3n) is 4.94. The van der Waals surface area contributed by atoms with E-state index in [1.54, 1.807) is 30.2 Å². The summed E-state index contributed by atoms with van der Waals surface area (Å²) in [4.78, 5) is 1.09. The predicted octanol–water partition coefficient (Wildman–Crippen LogP) is 6.45. The molecule has 0 N–H and O–H groups in total. The van der Waals surface area contributed by atoms with E-state index in [4.69, 9.17) is 4.74 Å². The van der Waals surface area contributed by atoms with E-state index >= 15 is 0 Å². The molecule has 5 aromatic rings. The van der Waals surface area contributed by atoms with Crippen molar-refractivity contribution in [3.63, 3.8) is 0 Å². The first-order valence-corrected chi connectivity index (χ1v) is 11.4. The van der Waals surface area contributed by atoms with Gasteiger partial charge in [-0.15, -0.1) is 21.5 Å². The molecular formula is C24H19N3OS2. The van der Waals surface area contributed by atoms with Crippen LogP contribution in [0.25, 0.3) is 27.2 Å². The second-order valence-corrected chi connectivity index (χ2v) is 8.63. The number of hydrogen-bond acceptors (Lipinski definition) is 5. The van der Waals surface area contributed by atoms with Gasteiger partial charge in [-0.1, -0.05) is 60.3 Å². The van der Waals surface area contributed by atoms with E-state index in [0.717, 1.165) is 33.0 Å². The molecule has 0 amide bonds. The maximum absolute atomic E-state index is 5.32. The first kappa shape index (κ1) is 18.9. The quantitative estimate of drug-likeness (QED) is 0.291. The number of hydrogen-bond donors (Lipinski definition) is 0. The Labute approximate surface area is 183 Å². The van der Waals surface area contributed by atoms with E-state index in [1.165, 1.54) is 16.3 Å². The van der Waals surface area contributed by atoms with Crippen LogP contribution in [0.4, 0.5) is 0 Å². The van der Waals surface area contributed by atoms with Crippen LogP contribution in [0, 0.1) is 0 Å². The van der Waals surface area contributed by atoms with E-state index in [0.29, 0.717) is 0 Å². The summed E-state index contributed by atoms with van der Waals surface area (Å²) in [6.45, 7) is 0. The van der Waals surface area contributed by atoms with Crippen LogP contribution >= 0.6 is 23.1 Å². The zero-order chi connectivity index (χ0) is 20.3. The van der Waals surface area contributed by atoms with E-state index in [9.17, 15) is 0 Å². The van der Waals surface area contributed by atoms with Gasteiger partial charge in [-0.3, -0.25) is 4.57 Å². The lowest BCUT2D eigenvalue weighted by molar-refractivity contribution is 0.414. The third-order valence-corrected chi connectivity index (χ3v) is 6.79. The third kappa shape index (κ3) is 3.60. The number of thioether (sulfide) groups is 1. The van der Waals surface area contributed by atoms with Gasteiger partial charge in [-0.05, 0) is 52.0 Å². The van der Waals surface area contributed by atoms with Crippen molar-refractivity contribution in [2.24, 2.45) is 0 Å². The van der Waals surface area contributed by atoms with Gasteiger partial charge in [0.1, 0.15) is 5.75 Å². The summed E-state index contributed by atoms with van der Waals surface area (Å²) >= 11 is 3.37. The molecule has 4 nitrogen and oxygen atoms in total. The maximum Gasteiger partial charge on any atom is 0.196 e. The van der Waals surface area contributed by atoms with Crippen LogP contribution in [-0.2, 0) is 5.75 Å². The average molecular weight is 430 g/mol. The lowest BCUT2D eigenvalue weighted by Crippen LogP contribution is -1.99. The minimum atomic E-state index is 0.820. The summed E-state index contributed by atoms with van der Waals surface area (Å²) in [5.41, 5.74) is 2.31. The minimum Gasteiger partial charge on any atom is -0.497 e. The number of nitrogens with zero attached hydrogens (tertiary/aromatic N) is 3. The van der Waals surface area contributed by atoms with Gasteiger partial charge in [-0.2, -0.15) is 0 Å². The SMILES string of the molecule is COc1ccc(-n2c(SCc3cccc4ccccc34)nnc2-c2cccs2)cc1. The number of methoxy groups -OCH3 is 1. The molecule has 0 radical (unpaired) electrons. The molecule has 0 fully saturated rings. The number of thiophene rings is 1. The second kappa shape index (κ2) is 8.34. The number of rotatable bonds is 6. The molecule has 2 aromatic heterocycles. The Morgan fingerprint density at radius 1 is 0.900 bits per heavy atom. The second-order valence-electron chi connectivity index (χ2n) is 6.74. The van der Waals surface area contributed by atoms with Crippen molar-refractivity contribution in [1.29, 1.82) is 0 Å². The van der Waals surface area contributed by atoms with Crippen LogP contribution in [0.5, 0.6) is 5.75 Å². The molecular weight excluding hydrogens is 410 g/mol. The first-order valence-electron chi connectivity index (χ1n) is 9.56. The summed E-state index contributed by atoms with van der Waals surface area (Å²) in [7, 11) is 1.68. The predicted molar refractivity (Wildman–Crippen MR) is 125 cm³/mol. The zero-order valence-electron chi connectivity index (χ0n) is 16.4. The van der Waals surface area contributed by atoms with Crippen molar-refractivity contribution < 1.29 is 4.74 Å². The first-order chi connectivity index (χ1) is 14.8. The van der Waals surface area contributed by atoms with Gasteiger partial charge in [-0.25, -0.2) is 0 Å². The topological polar surface area (TPSA) is 39.9 Å². The Bertz CT molecular complexity index is 1270. The summed E-state index contributed by atoms with van der Waals surface area (Å²) in [6.07, 6.45) is 0. The van der Waals surface area contributed by atoms with Crippen LogP contribution in [0.15, 0.2) is 89.4 Å². The molecule has 0 bridgehead atoms. The van der Waals surface area contributed by atoms with Gasteiger partial charge < -0.3 is 4.74 Å². The van der Waals surface area contributed by atoms with E-state index in [1.807, 2.05) is 30.3 Å². The molecule has 0 aliphatic rings. The van der Waals surface area contributed by atoms with E-state index in [-0.39, 0.29) is 0 Å². The Morgan fingerprint density at radius 2 is 1.73 bits per heavy atom. The summed E-state index contributed by atoms with van der Waals surface area (Å²) in [5, 5.41) is 14.5. The molecule has 0 atom stereocenters. The highest BCUT2D eigenvalue weighted by atomic mass is 32.2. The van der Waals surface area contributed by atoms with Crippen LogP contribution < -0.4 is 4.74 Å². The fraction of sp³-hybridized carbons (Fsp3) is 0.0833. The Balaban J connectivity index is 1.53. The summed E-state index contributed by atoms with van der Waals surface area (Å²) in [5.74, 6) is 2.50. The molecule has 0 spiro atoms. The average Bonchev–Trinajstić information content (AvgIpc) is 3.47. The summed E-state index contributed by atoms with van der Waals surface area (Å²) < 4.78 is 7.45. The molecule has 2 heterocycles. The van der Waals surface area contributed by atoms with Gasteiger partial charge in [0.15, 0.2) is 11.0 Å². The Hall–Kier alpha value is -3.09. The largest absolute Gasteiger partial charge is 0.497 e. The number of benzene rings is 3. The van der Waals surface area contributed by atoms with Crippen LogP contribution in [0.2, 0.25) is 0 Å². The smallest absolute Gasteiger partial charge is 0.196 e. The van der Waals surface area contributed by atoms with Gasteiger partial charge in [0.25, 0.3) is 0 Å². The molecule has 6 heteroatoms. The zero-order valence-corrected chi connectivity index (χ0v) is 18.0. The highest BCUT2D eigenvalue weighted by Gasteiger charge is 2.17. The van der Waals surface area contributed by atoms with Gasteiger partial charge in [0.2, 0.25) is 0 Å². The van der Waals surface area contributed by atoms with Crippen LogP contribution in [0.3, 0.4) is 0 Å². The lowest BCUT2D eigenvalue weighted by Gasteiger charge is -2.11. The Morgan fingerprint density at radius 3 is 2.53 bits per heavy atom. The normalized spacial score (nSPS) is 11.1. The van der Waals surface area contributed by atoms with Crippen molar-refractivity contribution >= 4 is 33.9 Å². The molecule has 3 aromatic carbocycles. The number of aromatic nitrogens is 3. The molecule has 5 rings (SSSR count). The number of ether oxygens (including phenoxy) is 1. The molecule has 0 aliphatic carbocycles.